The van der Waals surface area contributed by atoms with Gasteiger partial charge in [-0.2, -0.15) is 0 Å². The number of nitrogens with one attached hydrogen (secondary N) is 1. The second-order valence-corrected chi connectivity index (χ2v) is 12.5. The van der Waals surface area contributed by atoms with Crippen LogP contribution in [0.25, 0.3) is 5.57 Å². The van der Waals surface area contributed by atoms with Gasteiger partial charge in [0.05, 0.1) is 0 Å². The molecule has 0 radical (unpaired) electrons. The number of aryl methyl sites for hydroxylation is 1. The van der Waals surface area contributed by atoms with Crippen LogP contribution in [-0.2, 0) is 6.54 Å². The van der Waals surface area contributed by atoms with Crippen molar-refractivity contribution in [3.05, 3.63) is 123 Å². The van der Waals surface area contributed by atoms with Gasteiger partial charge in [-0.3, -0.25) is 4.79 Å². The molecule has 0 saturated carbocycles. The van der Waals surface area contributed by atoms with Gasteiger partial charge < -0.3 is 10.2 Å². The molecule has 3 nitrogen and oxygen atoms in total. The molecule has 246 valence electrons. The molecule has 1 aliphatic heterocycles. The van der Waals surface area contributed by atoms with E-state index in [-0.39, 0.29) is 17.4 Å². The highest BCUT2D eigenvalue weighted by Gasteiger charge is 2.25. The summed E-state index contributed by atoms with van der Waals surface area (Å²) >= 11 is 6.82. The third-order valence-electron chi connectivity index (χ3n) is 7.73. The lowest BCUT2D eigenvalue weighted by Crippen LogP contribution is -2.47. The van der Waals surface area contributed by atoms with E-state index in [0.29, 0.717) is 17.1 Å². The van der Waals surface area contributed by atoms with Crippen LogP contribution in [-0.4, -0.2) is 29.9 Å². The van der Waals surface area contributed by atoms with Crippen LogP contribution >= 0.6 is 11.6 Å². The van der Waals surface area contributed by atoms with E-state index >= 15 is 0 Å². The third kappa shape index (κ3) is 12.6. The molecule has 0 bridgehead atoms. The lowest BCUT2D eigenvalue weighted by Gasteiger charge is -2.33. The largest absolute Gasteiger partial charge is 0.337 e. The summed E-state index contributed by atoms with van der Waals surface area (Å²) in [6, 6.07) is 14.6. The first-order valence-corrected chi connectivity index (χ1v) is 17.1. The number of likely N-dealkylation sites (tertiary alicyclic amines) is 1. The molecule has 1 saturated heterocycles. The predicted octanol–water partition coefficient (Wildman–Crippen LogP) is 11.5. The second kappa shape index (κ2) is 20.1. The average Bonchev–Trinajstić information content (AvgIpc) is 3.04. The van der Waals surface area contributed by atoms with Gasteiger partial charge in [-0.05, 0) is 85.9 Å². The summed E-state index contributed by atoms with van der Waals surface area (Å²) in [7, 11) is 0. The van der Waals surface area contributed by atoms with Crippen molar-refractivity contribution < 1.29 is 4.79 Å². The lowest BCUT2D eigenvalue weighted by molar-refractivity contribution is 0.0694. The van der Waals surface area contributed by atoms with E-state index < -0.39 is 0 Å². The predicted molar refractivity (Wildman–Crippen MR) is 200 cm³/mol. The van der Waals surface area contributed by atoms with E-state index in [0.717, 1.165) is 53.8 Å². The van der Waals surface area contributed by atoms with Gasteiger partial charge in [0.25, 0.3) is 5.91 Å². The van der Waals surface area contributed by atoms with Crippen LogP contribution in [0.3, 0.4) is 0 Å². The van der Waals surface area contributed by atoms with E-state index in [1.165, 1.54) is 11.1 Å². The van der Waals surface area contributed by atoms with Crippen LogP contribution in [0.2, 0.25) is 5.02 Å². The maximum absolute atomic E-state index is 13.5. The van der Waals surface area contributed by atoms with Gasteiger partial charge >= 0.3 is 0 Å². The SMILES string of the molecule is C=C(/C=C(\C=C/C)C(/C)=C/C(=C\C)c1ccc(C(=O)N2CCCC(NCc3ccc(C)cc3)C2)cc1Cl)C(C)(C)C.CC.CC. The number of hydrogen-bond acceptors (Lipinski definition) is 2. The Labute approximate surface area is 280 Å². The Morgan fingerprint density at radius 3 is 2.24 bits per heavy atom. The topological polar surface area (TPSA) is 32.3 Å². The number of benzene rings is 2. The number of hydrogen-bond donors (Lipinski definition) is 1. The Bertz CT molecular complexity index is 1350. The van der Waals surface area contributed by atoms with Crippen molar-refractivity contribution in [1.82, 2.24) is 10.2 Å². The van der Waals surface area contributed by atoms with E-state index in [9.17, 15) is 4.79 Å². The Morgan fingerprint density at radius 2 is 1.69 bits per heavy atom. The van der Waals surface area contributed by atoms with E-state index in [1.54, 1.807) is 0 Å². The fourth-order valence-electron chi connectivity index (χ4n) is 4.87. The van der Waals surface area contributed by atoms with Gasteiger partial charge in [-0.25, -0.2) is 0 Å². The number of amides is 1. The minimum absolute atomic E-state index is 0.00621. The molecule has 2 aromatic rings. The first-order valence-electron chi connectivity index (χ1n) is 16.7. The second-order valence-electron chi connectivity index (χ2n) is 12.1. The third-order valence-corrected chi connectivity index (χ3v) is 8.04. The first kappa shape index (κ1) is 39.9. The molecule has 1 amide bonds. The number of carbonyl (C=O) groups is 1. The smallest absolute Gasteiger partial charge is 0.253 e. The van der Waals surface area contributed by atoms with E-state index in [4.69, 9.17) is 11.6 Å². The molecule has 1 heterocycles. The zero-order chi connectivity index (χ0) is 34.2. The average molecular weight is 631 g/mol. The quantitative estimate of drug-likeness (QED) is 0.279. The van der Waals surface area contributed by atoms with Crippen LogP contribution in [0.5, 0.6) is 0 Å². The molecule has 1 aliphatic rings. The normalized spacial score (nSPS) is 16.0. The summed E-state index contributed by atoms with van der Waals surface area (Å²) in [5.74, 6) is 0.0352. The number of rotatable bonds is 9. The lowest BCUT2D eigenvalue weighted by atomic mass is 9.85. The van der Waals surface area contributed by atoms with Crippen LogP contribution in [0, 0.1) is 12.3 Å². The highest BCUT2D eigenvalue weighted by atomic mass is 35.5. The van der Waals surface area contributed by atoms with Gasteiger partial charge in [-0.15, -0.1) is 0 Å². The molecule has 1 unspecified atom stereocenters. The van der Waals surface area contributed by atoms with Gasteiger partial charge in [0.15, 0.2) is 0 Å². The molecule has 4 heteroatoms. The fourth-order valence-corrected chi connectivity index (χ4v) is 5.16. The summed E-state index contributed by atoms with van der Waals surface area (Å²) in [5.41, 5.74) is 8.39. The number of piperidine rings is 1. The van der Waals surface area contributed by atoms with Crippen molar-refractivity contribution in [3.63, 3.8) is 0 Å². The molecule has 0 aromatic heterocycles. The Kier molecular flexibility index (Phi) is 17.8. The summed E-state index contributed by atoms with van der Waals surface area (Å²) in [6.45, 7) is 29.3. The Hall–Kier alpha value is -3.14. The number of allylic oxidation sites excluding steroid dienone is 9. The summed E-state index contributed by atoms with van der Waals surface area (Å²) in [5, 5.41) is 4.22. The number of nitrogens with zero attached hydrogens (tertiary/aromatic N) is 1. The van der Waals surface area contributed by atoms with Gasteiger partial charge in [0.2, 0.25) is 0 Å². The zero-order valence-electron chi connectivity index (χ0n) is 30.0. The van der Waals surface area contributed by atoms with E-state index in [1.807, 2.05) is 70.7 Å². The zero-order valence-corrected chi connectivity index (χ0v) is 30.7. The van der Waals surface area contributed by atoms with Crippen molar-refractivity contribution in [2.75, 3.05) is 13.1 Å². The Balaban J connectivity index is 0.00000243. The van der Waals surface area contributed by atoms with Crippen LogP contribution in [0.1, 0.15) is 109 Å². The first-order chi connectivity index (χ1) is 21.4. The summed E-state index contributed by atoms with van der Waals surface area (Å²) in [6.07, 6.45) is 12.6. The maximum atomic E-state index is 13.5. The number of halogens is 1. The minimum Gasteiger partial charge on any atom is -0.337 e. The van der Waals surface area contributed by atoms with Crippen LogP contribution in [0.4, 0.5) is 0 Å². The van der Waals surface area contributed by atoms with Gasteiger partial charge in [-0.1, -0.05) is 133 Å². The maximum Gasteiger partial charge on any atom is 0.253 e. The summed E-state index contributed by atoms with van der Waals surface area (Å²) < 4.78 is 0. The fraction of sp³-hybridized carbons (Fsp3) is 0.439. The molecular formula is C41H59ClN2O. The Morgan fingerprint density at radius 1 is 1.04 bits per heavy atom. The van der Waals surface area contributed by atoms with Crippen LogP contribution < -0.4 is 5.32 Å². The molecule has 0 spiro atoms. The van der Waals surface area contributed by atoms with Crippen LogP contribution in [0.15, 0.2) is 96.1 Å². The highest BCUT2D eigenvalue weighted by molar-refractivity contribution is 6.33. The molecule has 2 aromatic carbocycles. The van der Waals surface area contributed by atoms with Crippen molar-refractivity contribution in [3.8, 4) is 0 Å². The monoisotopic (exact) mass is 630 g/mol. The molecule has 0 aliphatic carbocycles. The minimum atomic E-state index is -0.00621. The van der Waals surface area contributed by atoms with Crippen molar-refractivity contribution >= 4 is 23.1 Å². The molecule has 45 heavy (non-hydrogen) atoms. The van der Waals surface area contributed by atoms with Crippen molar-refractivity contribution in [2.45, 2.75) is 102 Å². The highest BCUT2D eigenvalue weighted by Crippen LogP contribution is 2.31. The van der Waals surface area contributed by atoms with Crippen molar-refractivity contribution in [1.29, 1.82) is 0 Å². The van der Waals surface area contributed by atoms with Gasteiger partial charge in [0, 0.05) is 41.8 Å². The molecule has 1 N–H and O–H groups in total. The number of carbonyl (C=O) groups excluding carboxylic acids is 1. The molecular weight excluding hydrogens is 572 g/mol. The standard InChI is InChI=1S/C37H47ClN2O.2C2H6/c1-9-12-31(22-28(5)37(6,7)8)27(4)21-30(10-2)34-19-18-32(23-35(34)38)36(41)40-20-11-13-33(25-40)39-24-29-16-14-26(3)15-17-29;2*1-2/h9-10,12,14-19,21-23,33,39H,5,11,13,20,24-25H2,1-4,6-8H3;2*1-2H3/b12-9-,27-21+,30-10+,31-22+;;. The molecule has 3 rings (SSSR count). The van der Waals surface area contributed by atoms with Crippen molar-refractivity contribution in [2.24, 2.45) is 5.41 Å². The molecule has 1 atom stereocenters. The summed E-state index contributed by atoms with van der Waals surface area (Å²) in [4.78, 5) is 15.4. The van der Waals surface area contributed by atoms with Gasteiger partial charge in [0.1, 0.15) is 0 Å². The molecule has 1 fully saturated rings. The van der Waals surface area contributed by atoms with E-state index in [2.05, 4.69) is 95.1 Å².